The topological polar surface area (TPSA) is 31.5 Å². The number of rotatable bonds is 0. The fourth-order valence-electron chi connectivity index (χ4n) is 0. The predicted octanol–water partition coefficient (Wildman–Crippen LogP) is -1.59. The third-order valence-corrected chi connectivity index (χ3v) is 0. The van der Waals surface area contributed by atoms with Gasteiger partial charge in [0.05, 0.1) is 0 Å². The molecule has 0 heterocycles. The molecule has 5 heavy (non-hydrogen) atoms. The van der Waals surface area contributed by atoms with Crippen LogP contribution in [-0.4, -0.2) is 23.4 Å². The maximum atomic E-state index is 0. The van der Waals surface area contributed by atoms with Crippen molar-refractivity contribution in [3.05, 3.63) is 0 Å². The molecule has 5 heteroatoms. The van der Waals surface area contributed by atoms with E-state index in [1.54, 1.807) is 0 Å². The van der Waals surface area contributed by atoms with Gasteiger partial charge in [-0.1, -0.05) is 0 Å². The molecular weight excluding hydrogens is 305 g/mol. The summed E-state index contributed by atoms with van der Waals surface area (Å²) in [7, 11) is 0. The number of hydrogen-bond acceptors (Lipinski definition) is 0. The zero-order valence-electron chi connectivity index (χ0n) is 2.52. The van der Waals surface area contributed by atoms with Crippen molar-refractivity contribution in [3.63, 3.8) is 0 Å². The predicted molar refractivity (Wildman–Crippen MR) is 14.7 cm³/mol. The minimum absolute atomic E-state index is 0. The Morgan fingerprint density at radius 1 is 1.00 bits per heavy atom. The molecule has 1 nitrogen and oxygen atoms in total. The second-order valence-corrected chi connectivity index (χ2v) is 0. The van der Waals surface area contributed by atoms with E-state index in [-0.39, 0.29) is 80.8 Å². The molecule has 1 unspecified atom stereocenters. The van der Waals surface area contributed by atoms with E-state index in [1.165, 1.54) is 0 Å². The first-order valence-electron chi connectivity index (χ1n) is 0. The quantitative estimate of drug-likeness (QED) is 0.483. The molecule has 0 aromatic heterocycles. The molecule has 0 rings (SSSR count). The molecule has 34 valence electrons. The maximum absolute atomic E-state index is 0. The number of halogens is 1. The van der Waals surface area contributed by atoms with Crippen LogP contribution in [0, 0.1) is 35.6 Å². The molecule has 0 aliphatic rings. The van der Waals surface area contributed by atoms with E-state index in [2.05, 4.69) is 0 Å². The second-order valence-electron chi connectivity index (χ2n) is 0. The van der Waals surface area contributed by atoms with Gasteiger partial charge in [-0.15, -0.1) is 0 Å². The van der Waals surface area contributed by atoms with Gasteiger partial charge in [0.1, 0.15) is 0 Å². The van der Waals surface area contributed by atoms with Crippen LogP contribution >= 0.6 is 0 Å². The molecule has 0 aliphatic heterocycles. The third kappa shape index (κ3) is 22.8. The fraction of sp³-hybridized carbons (Fsp3) is 0. The smallest absolute Gasteiger partial charge is 0 e. The van der Waals surface area contributed by atoms with Gasteiger partial charge in [0.15, 0.2) is 0 Å². The van der Waals surface area contributed by atoms with Crippen LogP contribution < -0.4 is 0 Å². The van der Waals surface area contributed by atoms with Gasteiger partial charge in [0.25, 0.3) is 0 Å². The number of hydrogen-bond donors (Lipinski definition) is 0. The summed E-state index contributed by atoms with van der Waals surface area (Å²) in [4.78, 5) is 0. The summed E-state index contributed by atoms with van der Waals surface area (Å²) in [5.74, 6) is 0. The summed E-state index contributed by atoms with van der Waals surface area (Å²) in [6.45, 7) is 0. The molecule has 0 spiro atoms. The van der Waals surface area contributed by atoms with Gasteiger partial charge in [-0.2, -0.15) is 0 Å². The van der Waals surface area contributed by atoms with Crippen LogP contribution in [0.1, 0.15) is 0 Å². The fourth-order valence-corrected chi connectivity index (χ4v) is 0. The van der Waals surface area contributed by atoms with Crippen LogP contribution in [0.2, 0.25) is 0 Å². The van der Waals surface area contributed by atoms with Crippen LogP contribution in [0.15, 0.2) is 0 Å². The van der Waals surface area contributed by atoms with Gasteiger partial charge in [-0.05, 0) is 0 Å². The standard InChI is InChI=1S/AsH3.F.Fe.La.H2O/h1H3;;;;1H2. The van der Waals surface area contributed by atoms with Crippen LogP contribution in [0.3, 0.4) is 0 Å². The normalized spacial score (nSPS) is 0. The van der Waals surface area contributed by atoms with Crippen LogP contribution in [0.25, 0.3) is 0 Å². The zero-order valence-corrected chi connectivity index (χ0v) is 10.2. The van der Waals surface area contributed by atoms with Gasteiger partial charge in [-0.25, -0.2) is 0 Å². The van der Waals surface area contributed by atoms with E-state index in [9.17, 15) is 0 Å². The summed E-state index contributed by atoms with van der Waals surface area (Å²) < 4.78 is 0. The molecule has 0 aliphatic carbocycles. The first kappa shape index (κ1) is 58.2. The Morgan fingerprint density at radius 3 is 1.00 bits per heavy atom. The molecule has 0 amide bonds. The molecule has 0 aromatic rings. The van der Waals surface area contributed by atoms with Gasteiger partial charge < -0.3 is 5.48 Å². The molecule has 1 atom stereocenters. The first-order valence-corrected chi connectivity index (χ1v) is 0. The summed E-state index contributed by atoms with van der Waals surface area (Å²) >= 11 is 0. The van der Waals surface area contributed by atoms with Crippen molar-refractivity contribution in [2.75, 3.05) is 0 Å². The van der Waals surface area contributed by atoms with E-state index in [0.717, 1.165) is 0 Å². The third-order valence-electron chi connectivity index (χ3n) is 0. The van der Waals surface area contributed by atoms with Crippen molar-refractivity contribution < 1.29 is 62.8 Å². The molecule has 0 bridgehead atoms. The van der Waals surface area contributed by atoms with Gasteiger partial charge >= 0.3 is 18.0 Å². The summed E-state index contributed by atoms with van der Waals surface area (Å²) in [5, 5.41) is 0. The van der Waals surface area contributed by atoms with E-state index in [0.29, 0.717) is 0 Å². The van der Waals surface area contributed by atoms with Crippen molar-refractivity contribution in [3.8, 4) is 0 Å². The molecule has 0 aromatic carbocycles. The summed E-state index contributed by atoms with van der Waals surface area (Å²) in [6, 6.07) is 0. The zero-order chi connectivity index (χ0) is 0. The van der Waals surface area contributed by atoms with E-state index in [1.807, 2.05) is 0 Å². The Labute approximate surface area is 79.7 Å². The molecule has 2 radical (unpaired) electrons. The van der Waals surface area contributed by atoms with Crippen LogP contribution in [0.4, 0.5) is 4.70 Å². The summed E-state index contributed by atoms with van der Waals surface area (Å²) in [5.41, 5.74) is 0. The molecule has 0 saturated heterocycles. The Morgan fingerprint density at radius 2 is 1.00 bits per heavy atom. The van der Waals surface area contributed by atoms with Gasteiger partial charge in [-0.3, -0.25) is 0 Å². The van der Waals surface area contributed by atoms with Gasteiger partial charge in [0, 0.05) is 57.4 Å². The van der Waals surface area contributed by atoms with E-state index < -0.39 is 0 Å². The van der Waals surface area contributed by atoms with Crippen LogP contribution in [-0.2, 0) is 17.1 Å². The minimum atomic E-state index is 0. The SMILES string of the molecule is O.[AsH3].[F].[Fe].[La]. The maximum Gasteiger partial charge on any atom is 0 e. The van der Waals surface area contributed by atoms with Crippen LogP contribution in [0.5, 0.6) is 0 Å². The second kappa shape index (κ2) is 35.1. The Bertz CT molecular complexity index is 11.6. The van der Waals surface area contributed by atoms with Crippen molar-refractivity contribution in [2.45, 2.75) is 0 Å². The summed E-state index contributed by atoms with van der Waals surface area (Å²) in [6.07, 6.45) is 0. The molecule has 0 fully saturated rings. The average molecular weight is 310 g/mol. The largest absolute Gasteiger partial charge is 0 e. The Kier molecular flexibility index (Phi) is 408. The molecular formula is H5AsFFeLaO. The van der Waals surface area contributed by atoms with Crippen molar-refractivity contribution in [1.82, 2.24) is 0 Å². The Hall–Kier alpha value is 2.16. The van der Waals surface area contributed by atoms with Crippen molar-refractivity contribution in [1.29, 1.82) is 0 Å². The first-order chi connectivity index (χ1) is 0. The van der Waals surface area contributed by atoms with E-state index >= 15 is 0 Å². The Balaban J connectivity index is 0. The average Bonchev–Trinajstić information content (AvgIpc) is 0. The monoisotopic (exact) mass is 310 g/mol. The molecule has 0 saturated carbocycles. The molecule has 2 N–H and O–H groups in total. The van der Waals surface area contributed by atoms with E-state index in [4.69, 9.17) is 0 Å². The van der Waals surface area contributed by atoms with Crippen molar-refractivity contribution in [2.24, 2.45) is 0 Å². The van der Waals surface area contributed by atoms with Gasteiger partial charge in [0.2, 0.25) is 0 Å². The van der Waals surface area contributed by atoms with Crippen molar-refractivity contribution >= 4 is 18.0 Å². The minimum Gasteiger partial charge on any atom is 0 e.